The standard InChI is InChI=1S/C20H24Cl3NO2/c1-5-20(2,3)24-11-14-8-18(25-4)19(10-17(14)23)26-12-13-6-7-15(21)9-16(13)22/h6-10,24H,5,11-12H2,1-4H3. The van der Waals surface area contributed by atoms with E-state index in [0.717, 1.165) is 17.5 Å². The fraction of sp³-hybridized carbons (Fsp3) is 0.400. The molecule has 0 aromatic heterocycles. The molecule has 26 heavy (non-hydrogen) atoms. The molecule has 2 aromatic rings. The van der Waals surface area contributed by atoms with Gasteiger partial charge in [-0.25, -0.2) is 0 Å². The second-order valence-corrected chi connectivity index (χ2v) is 7.96. The summed E-state index contributed by atoms with van der Waals surface area (Å²) in [4.78, 5) is 0. The molecule has 0 atom stereocenters. The fourth-order valence-corrected chi connectivity index (χ4v) is 2.92. The zero-order chi connectivity index (χ0) is 19.3. The number of hydrogen-bond donors (Lipinski definition) is 1. The summed E-state index contributed by atoms with van der Waals surface area (Å²) in [5.74, 6) is 1.20. The first-order valence-corrected chi connectivity index (χ1v) is 9.57. The Hall–Kier alpha value is -1.13. The molecule has 6 heteroatoms. The maximum Gasteiger partial charge on any atom is 0.163 e. The maximum absolute atomic E-state index is 6.45. The van der Waals surface area contributed by atoms with Crippen LogP contribution in [0.15, 0.2) is 30.3 Å². The Morgan fingerprint density at radius 1 is 0.962 bits per heavy atom. The molecule has 3 nitrogen and oxygen atoms in total. The molecule has 1 N–H and O–H groups in total. The van der Waals surface area contributed by atoms with Gasteiger partial charge in [0.05, 0.1) is 7.11 Å². The summed E-state index contributed by atoms with van der Waals surface area (Å²) in [6.07, 6.45) is 1.02. The van der Waals surface area contributed by atoms with Crippen LogP contribution in [0.1, 0.15) is 38.3 Å². The zero-order valence-electron chi connectivity index (χ0n) is 15.5. The van der Waals surface area contributed by atoms with E-state index in [9.17, 15) is 0 Å². The highest BCUT2D eigenvalue weighted by molar-refractivity contribution is 6.35. The molecule has 0 heterocycles. The minimum absolute atomic E-state index is 0.0388. The van der Waals surface area contributed by atoms with E-state index in [1.807, 2.05) is 12.1 Å². The molecular formula is C20H24Cl3NO2. The predicted molar refractivity (Wildman–Crippen MR) is 110 cm³/mol. The van der Waals surface area contributed by atoms with Gasteiger partial charge in [-0.2, -0.15) is 0 Å². The highest BCUT2D eigenvalue weighted by Crippen LogP contribution is 2.34. The van der Waals surface area contributed by atoms with Gasteiger partial charge in [-0.05, 0) is 44.0 Å². The normalized spacial score (nSPS) is 11.5. The Labute approximate surface area is 170 Å². The van der Waals surface area contributed by atoms with E-state index < -0.39 is 0 Å². The molecule has 142 valence electrons. The van der Waals surface area contributed by atoms with Crippen molar-refractivity contribution in [2.45, 2.75) is 45.9 Å². The minimum atomic E-state index is 0.0388. The van der Waals surface area contributed by atoms with Crippen LogP contribution in [0.25, 0.3) is 0 Å². The van der Waals surface area contributed by atoms with Gasteiger partial charge >= 0.3 is 0 Å². The Morgan fingerprint density at radius 2 is 1.65 bits per heavy atom. The third-order valence-electron chi connectivity index (χ3n) is 4.37. The molecule has 0 saturated heterocycles. The zero-order valence-corrected chi connectivity index (χ0v) is 17.7. The molecule has 0 saturated carbocycles. The molecule has 0 bridgehead atoms. The molecule has 0 amide bonds. The van der Waals surface area contributed by atoms with E-state index in [4.69, 9.17) is 44.3 Å². The van der Waals surface area contributed by atoms with Crippen LogP contribution in [0.3, 0.4) is 0 Å². The summed E-state index contributed by atoms with van der Waals surface area (Å²) >= 11 is 18.6. The summed E-state index contributed by atoms with van der Waals surface area (Å²) in [5.41, 5.74) is 1.84. The summed E-state index contributed by atoms with van der Waals surface area (Å²) in [7, 11) is 1.61. The lowest BCUT2D eigenvalue weighted by molar-refractivity contribution is 0.284. The summed E-state index contributed by atoms with van der Waals surface area (Å²) in [5, 5.41) is 5.27. The van der Waals surface area contributed by atoms with E-state index in [2.05, 4.69) is 26.1 Å². The van der Waals surface area contributed by atoms with Crippen molar-refractivity contribution in [3.05, 3.63) is 56.5 Å². The Kier molecular flexibility index (Phi) is 7.48. The third kappa shape index (κ3) is 5.68. The number of benzene rings is 2. The van der Waals surface area contributed by atoms with E-state index in [1.165, 1.54) is 0 Å². The van der Waals surface area contributed by atoms with Gasteiger partial charge in [0.1, 0.15) is 6.61 Å². The number of halogens is 3. The largest absolute Gasteiger partial charge is 0.493 e. The lowest BCUT2D eigenvalue weighted by Crippen LogP contribution is -2.37. The van der Waals surface area contributed by atoms with Crippen molar-refractivity contribution in [2.75, 3.05) is 7.11 Å². The van der Waals surface area contributed by atoms with E-state index >= 15 is 0 Å². The van der Waals surface area contributed by atoms with Crippen LogP contribution in [0.4, 0.5) is 0 Å². The van der Waals surface area contributed by atoms with Crippen LogP contribution in [0.2, 0.25) is 15.1 Å². The Morgan fingerprint density at radius 3 is 2.27 bits per heavy atom. The van der Waals surface area contributed by atoms with Gasteiger partial charge in [-0.1, -0.05) is 47.8 Å². The van der Waals surface area contributed by atoms with Gasteiger partial charge in [-0.15, -0.1) is 0 Å². The Bertz CT molecular complexity index is 763. The molecule has 0 aliphatic heterocycles. The lowest BCUT2D eigenvalue weighted by Gasteiger charge is -2.25. The molecule has 0 aliphatic carbocycles. The van der Waals surface area contributed by atoms with Gasteiger partial charge in [0.2, 0.25) is 0 Å². The minimum Gasteiger partial charge on any atom is -0.493 e. The second-order valence-electron chi connectivity index (χ2n) is 6.71. The first-order chi connectivity index (χ1) is 12.3. The summed E-state index contributed by atoms with van der Waals surface area (Å²) in [6, 6.07) is 8.99. The molecule has 0 unspecified atom stereocenters. The van der Waals surface area contributed by atoms with Gasteiger partial charge < -0.3 is 14.8 Å². The van der Waals surface area contributed by atoms with Crippen LogP contribution in [0, 0.1) is 0 Å². The van der Waals surface area contributed by atoms with Crippen molar-refractivity contribution >= 4 is 34.8 Å². The molecule has 0 spiro atoms. The Balaban J connectivity index is 2.15. The summed E-state index contributed by atoms with van der Waals surface area (Å²) < 4.78 is 11.4. The number of ether oxygens (including phenoxy) is 2. The van der Waals surface area contributed by atoms with Crippen LogP contribution in [-0.4, -0.2) is 12.6 Å². The van der Waals surface area contributed by atoms with E-state index in [1.54, 1.807) is 25.3 Å². The number of methoxy groups -OCH3 is 1. The highest BCUT2D eigenvalue weighted by atomic mass is 35.5. The van der Waals surface area contributed by atoms with Gasteiger partial charge in [0.25, 0.3) is 0 Å². The van der Waals surface area contributed by atoms with Crippen molar-refractivity contribution < 1.29 is 9.47 Å². The van der Waals surface area contributed by atoms with Crippen molar-refractivity contribution in [1.82, 2.24) is 5.32 Å². The SMILES string of the molecule is CCC(C)(C)NCc1cc(OC)c(OCc2ccc(Cl)cc2Cl)cc1Cl. The molecule has 0 aliphatic rings. The number of rotatable bonds is 8. The van der Waals surface area contributed by atoms with Crippen molar-refractivity contribution in [1.29, 1.82) is 0 Å². The lowest BCUT2D eigenvalue weighted by atomic mass is 10.0. The van der Waals surface area contributed by atoms with Crippen molar-refractivity contribution in [3.8, 4) is 11.5 Å². The smallest absolute Gasteiger partial charge is 0.163 e. The summed E-state index contributed by atoms with van der Waals surface area (Å²) in [6.45, 7) is 7.41. The van der Waals surface area contributed by atoms with E-state index in [-0.39, 0.29) is 5.54 Å². The van der Waals surface area contributed by atoms with Crippen LogP contribution in [-0.2, 0) is 13.2 Å². The van der Waals surface area contributed by atoms with Gasteiger partial charge in [0.15, 0.2) is 11.5 Å². The molecular weight excluding hydrogens is 393 g/mol. The van der Waals surface area contributed by atoms with Gasteiger partial charge in [0, 0.05) is 38.8 Å². The average molecular weight is 417 g/mol. The second kappa shape index (κ2) is 9.18. The van der Waals surface area contributed by atoms with Crippen LogP contribution >= 0.6 is 34.8 Å². The average Bonchev–Trinajstić information content (AvgIpc) is 2.60. The number of nitrogens with one attached hydrogen (secondary N) is 1. The van der Waals surface area contributed by atoms with Crippen LogP contribution in [0.5, 0.6) is 11.5 Å². The predicted octanol–water partition coefficient (Wildman–Crippen LogP) is 6.51. The van der Waals surface area contributed by atoms with Crippen molar-refractivity contribution in [3.63, 3.8) is 0 Å². The quantitative estimate of drug-likeness (QED) is 0.532. The fourth-order valence-electron chi connectivity index (χ4n) is 2.24. The first-order valence-electron chi connectivity index (χ1n) is 8.44. The van der Waals surface area contributed by atoms with E-state index in [0.29, 0.717) is 39.7 Å². The van der Waals surface area contributed by atoms with Crippen LogP contribution < -0.4 is 14.8 Å². The number of hydrogen-bond acceptors (Lipinski definition) is 3. The molecule has 2 aromatic carbocycles. The molecule has 2 rings (SSSR count). The molecule has 0 radical (unpaired) electrons. The highest BCUT2D eigenvalue weighted by Gasteiger charge is 2.16. The third-order valence-corrected chi connectivity index (χ3v) is 5.31. The first kappa shape index (κ1) is 21.2. The monoisotopic (exact) mass is 415 g/mol. The molecule has 0 fully saturated rings. The topological polar surface area (TPSA) is 30.5 Å². The van der Waals surface area contributed by atoms with Gasteiger partial charge in [-0.3, -0.25) is 0 Å². The maximum atomic E-state index is 6.45. The van der Waals surface area contributed by atoms with Crippen molar-refractivity contribution in [2.24, 2.45) is 0 Å².